The third kappa shape index (κ3) is 6.45. The molecule has 6 heteroatoms. The standard InChI is InChI=1S/C13H19Cl2NO3/c1-18-7-3-6-16-8-10(17)9-19-13-11(14)4-2-5-12(13)15/h2,4-5,10,16-17H,3,6-9H2,1H3. The molecule has 1 aromatic rings. The van der Waals surface area contributed by atoms with Gasteiger partial charge in [0, 0.05) is 20.3 Å². The van der Waals surface area contributed by atoms with E-state index < -0.39 is 6.10 Å². The van der Waals surface area contributed by atoms with E-state index >= 15 is 0 Å². The Morgan fingerprint density at radius 1 is 1.32 bits per heavy atom. The molecule has 0 saturated carbocycles. The fourth-order valence-corrected chi connectivity index (χ4v) is 1.98. The molecule has 0 amide bonds. The average molecular weight is 308 g/mol. The molecule has 108 valence electrons. The van der Waals surface area contributed by atoms with Gasteiger partial charge in [0.25, 0.3) is 0 Å². The van der Waals surface area contributed by atoms with Crippen molar-refractivity contribution in [3.8, 4) is 5.75 Å². The maximum absolute atomic E-state index is 9.74. The molecule has 0 spiro atoms. The van der Waals surface area contributed by atoms with E-state index in [1.54, 1.807) is 25.3 Å². The topological polar surface area (TPSA) is 50.7 Å². The minimum atomic E-state index is -0.616. The van der Waals surface area contributed by atoms with Gasteiger partial charge in [-0.25, -0.2) is 0 Å². The zero-order valence-corrected chi connectivity index (χ0v) is 12.4. The maximum Gasteiger partial charge on any atom is 0.156 e. The Kier molecular flexibility index (Phi) is 8.18. The van der Waals surface area contributed by atoms with Crippen LogP contribution in [-0.4, -0.2) is 44.6 Å². The molecule has 0 aliphatic carbocycles. The number of rotatable bonds is 9. The van der Waals surface area contributed by atoms with Gasteiger partial charge in [-0.05, 0) is 25.1 Å². The molecule has 0 bridgehead atoms. The van der Waals surface area contributed by atoms with Crippen molar-refractivity contribution in [2.45, 2.75) is 12.5 Å². The van der Waals surface area contributed by atoms with Crippen molar-refractivity contribution in [1.82, 2.24) is 5.32 Å². The Morgan fingerprint density at radius 3 is 2.63 bits per heavy atom. The Bertz CT molecular complexity index is 357. The van der Waals surface area contributed by atoms with Gasteiger partial charge in [0.05, 0.1) is 10.0 Å². The van der Waals surface area contributed by atoms with Gasteiger partial charge >= 0.3 is 0 Å². The van der Waals surface area contributed by atoms with Crippen LogP contribution in [0, 0.1) is 0 Å². The Balaban J connectivity index is 2.24. The summed E-state index contributed by atoms with van der Waals surface area (Å²) in [5.74, 6) is 0.407. The van der Waals surface area contributed by atoms with Gasteiger partial charge in [-0.15, -0.1) is 0 Å². The van der Waals surface area contributed by atoms with E-state index in [0.29, 0.717) is 28.9 Å². The Morgan fingerprint density at radius 2 is 2.00 bits per heavy atom. The van der Waals surface area contributed by atoms with Crippen LogP contribution in [0.3, 0.4) is 0 Å². The highest BCUT2D eigenvalue weighted by Crippen LogP contribution is 2.32. The number of benzene rings is 1. The summed E-state index contributed by atoms with van der Waals surface area (Å²) in [5, 5.41) is 13.7. The summed E-state index contributed by atoms with van der Waals surface area (Å²) in [6.07, 6.45) is 0.287. The molecule has 4 nitrogen and oxygen atoms in total. The lowest BCUT2D eigenvalue weighted by Gasteiger charge is -2.14. The quantitative estimate of drug-likeness (QED) is 0.688. The average Bonchev–Trinajstić information content (AvgIpc) is 2.38. The van der Waals surface area contributed by atoms with Crippen molar-refractivity contribution < 1.29 is 14.6 Å². The number of aliphatic hydroxyl groups is 1. The SMILES string of the molecule is COCCCNCC(O)COc1c(Cl)cccc1Cl. The predicted octanol–water partition coefficient (Wildman–Crippen LogP) is 2.36. The van der Waals surface area contributed by atoms with Gasteiger partial charge < -0.3 is 19.9 Å². The normalized spacial score (nSPS) is 12.4. The summed E-state index contributed by atoms with van der Waals surface area (Å²) in [6.45, 7) is 2.08. The lowest BCUT2D eigenvalue weighted by atomic mass is 10.3. The molecule has 0 aromatic heterocycles. The first-order valence-corrected chi connectivity index (χ1v) is 6.85. The number of ether oxygens (including phenoxy) is 2. The molecule has 1 rings (SSSR count). The third-order valence-corrected chi connectivity index (χ3v) is 3.02. The van der Waals surface area contributed by atoms with Crippen molar-refractivity contribution in [1.29, 1.82) is 0 Å². The minimum absolute atomic E-state index is 0.140. The molecule has 19 heavy (non-hydrogen) atoms. The number of nitrogens with one attached hydrogen (secondary N) is 1. The van der Waals surface area contributed by atoms with Crippen molar-refractivity contribution in [3.63, 3.8) is 0 Å². The van der Waals surface area contributed by atoms with E-state index in [2.05, 4.69) is 5.32 Å². The van der Waals surface area contributed by atoms with Crippen LogP contribution < -0.4 is 10.1 Å². The fraction of sp³-hybridized carbons (Fsp3) is 0.538. The first kappa shape index (κ1) is 16.5. The highest BCUT2D eigenvalue weighted by Gasteiger charge is 2.10. The zero-order valence-electron chi connectivity index (χ0n) is 10.9. The van der Waals surface area contributed by atoms with E-state index in [4.69, 9.17) is 32.7 Å². The van der Waals surface area contributed by atoms with Crippen LogP contribution >= 0.6 is 23.2 Å². The van der Waals surface area contributed by atoms with Gasteiger partial charge in [0.15, 0.2) is 5.75 Å². The van der Waals surface area contributed by atoms with Crippen LogP contribution in [-0.2, 0) is 4.74 Å². The van der Waals surface area contributed by atoms with E-state index in [9.17, 15) is 5.11 Å². The van der Waals surface area contributed by atoms with Crippen LogP contribution in [0.2, 0.25) is 10.0 Å². The van der Waals surface area contributed by atoms with E-state index in [-0.39, 0.29) is 6.61 Å². The number of hydrogen-bond donors (Lipinski definition) is 2. The van der Waals surface area contributed by atoms with Crippen LogP contribution in [0.25, 0.3) is 0 Å². The summed E-state index contributed by atoms with van der Waals surface area (Å²) >= 11 is 11.9. The Hall–Kier alpha value is -0.520. The van der Waals surface area contributed by atoms with E-state index in [1.165, 1.54) is 0 Å². The molecule has 0 aliphatic rings. The van der Waals surface area contributed by atoms with Crippen molar-refractivity contribution in [2.75, 3.05) is 33.4 Å². The Labute approximate surface area is 123 Å². The molecule has 1 atom stereocenters. The molecule has 0 saturated heterocycles. The molecule has 1 unspecified atom stereocenters. The van der Waals surface area contributed by atoms with Crippen molar-refractivity contribution >= 4 is 23.2 Å². The number of methoxy groups -OCH3 is 1. The zero-order chi connectivity index (χ0) is 14.1. The summed E-state index contributed by atoms with van der Waals surface area (Å²) in [7, 11) is 1.66. The minimum Gasteiger partial charge on any atom is -0.488 e. The summed E-state index contributed by atoms with van der Waals surface area (Å²) < 4.78 is 10.4. The lowest BCUT2D eigenvalue weighted by Crippen LogP contribution is -2.32. The van der Waals surface area contributed by atoms with Gasteiger partial charge in [0.1, 0.15) is 12.7 Å². The van der Waals surface area contributed by atoms with Crippen molar-refractivity contribution in [2.24, 2.45) is 0 Å². The van der Waals surface area contributed by atoms with Crippen LogP contribution in [0.4, 0.5) is 0 Å². The molecule has 0 fully saturated rings. The molecular formula is C13H19Cl2NO3. The number of para-hydroxylation sites is 1. The van der Waals surface area contributed by atoms with Crippen LogP contribution in [0.1, 0.15) is 6.42 Å². The molecular weight excluding hydrogens is 289 g/mol. The molecule has 0 heterocycles. The molecule has 1 aromatic carbocycles. The smallest absolute Gasteiger partial charge is 0.156 e. The molecule has 2 N–H and O–H groups in total. The fourth-order valence-electron chi connectivity index (χ4n) is 1.47. The van der Waals surface area contributed by atoms with Gasteiger partial charge in [-0.2, -0.15) is 0 Å². The largest absolute Gasteiger partial charge is 0.488 e. The first-order valence-electron chi connectivity index (χ1n) is 6.09. The van der Waals surface area contributed by atoms with Gasteiger partial charge in [-0.1, -0.05) is 29.3 Å². The third-order valence-electron chi connectivity index (χ3n) is 2.42. The lowest BCUT2D eigenvalue weighted by molar-refractivity contribution is 0.105. The number of hydrogen-bond acceptors (Lipinski definition) is 4. The second-order valence-electron chi connectivity index (χ2n) is 4.07. The number of aliphatic hydroxyl groups excluding tert-OH is 1. The summed E-state index contributed by atoms with van der Waals surface area (Å²) in [4.78, 5) is 0. The molecule has 0 aliphatic heterocycles. The van der Waals surface area contributed by atoms with E-state index in [1.807, 2.05) is 0 Å². The second kappa shape index (κ2) is 9.39. The summed E-state index contributed by atoms with van der Waals surface area (Å²) in [6, 6.07) is 5.13. The maximum atomic E-state index is 9.74. The monoisotopic (exact) mass is 307 g/mol. The van der Waals surface area contributed by atoms with E-state index in [0.717, 1.165) is 13.0 Å². The van der Waals surface area contributed by atoms with Gasteiger partial charge in [-0.3, -0.25) is 0 Å². The highest BCUT2D eigenvalue weighted by atomic mass is 35.5. The highest BCUT2D eigenvalue weighted by molar-refractivity contribution is 6.37. The van der Waals surface area contributed by atoms with Gasteiger partial charge in [0.2, 0.25) is 0 Å². The second-order valence-corrected chi connectivity index (χ2v) is 4.88. The van der Waals surface area contributed by atoms with Crippen LogP contribution in [0.15, 0.2) is 18.2 Å². The first-order chi connectivity index (χ1) is 9.15. The van der Waals surface area contributed by atoms with Crippen molar-refractivity contribution in [3.05, 3.63) is 28.2 Å². The summed E-state index contributed by atoms with van der Waals surface area (Å²) in [5.41, 5.74) is 0. The van der Waals surface area contributed by atoms with Crippen LogP contribution in [0.5, 0.6) is 5.75 Å². The predicted molar refractivity (Wildman–Crippen MR) is 77.3 cm³/mol. The number of halogens is 2. The molecule has 0 radical (unpaired) electrons.